The van der Waals surface area contributed by atoms with Crippen molar-refractivity contribution in [1.82, 2.24) is 0 Å². The second-order valence-corrected chi connectivity index (χ2v) is 19.0. The fraction of sp³-hybridized carbons (Fsp3) is 0.0769. The molecule has 0 aliphatic heterocycles. The number of benzene rings is 9. The van der Waals surface area contributed by atoms with Gasteiger partial charge in [-0.2, -0.15) is 0 Å². The number of carbonyl (C=O) groups is 6. The highest BCUT2D eigenvalue weighted by Gasteiger charge is 2.22. The van der Waals surface area contributed by atoms with Gasteiger partial charge in [0.25, 0.3) is 17.7 Å². The molecule has 420 valence electrons. The van der Waals surface area contributed by atoms with Gasteiger partial charge in [-0.25, -0.2) is 27.6 Å². The maximum atomic E-state index is 14.6. The van der Waals surface area contributed by atoms with Crippen molar-refractivity contribution in [3.05, 3.63) is 251 Å². The number of rotatable bonds is 17. The predicted molar refractivity (Wildman–Crippen MR) is 314 cm³/mol. The minimum Gasteiger partial charge on any atom is -0.497 e. The van der Waals surface area contributed by atoms with E-state index < -0.39 is 58.8 Å². The lowest BCUT2D eigenvalue weighted by atomic mass is 10.0. The fourth-order valence-electron chi connectivity index (χ4n) is 8.24. The van der Waals surface area contributed by atoms with Crippen molar-refractivity contribution in [2.24, 2.45) is 0 Å². The lowest BCUT2D eigenvalue weighted by molar-refractivity contribution is 0.0683. The van der Waals surface area contributed by atoms with Crippen molar-refractivity contribution in [2.45, 2.75) is 18.7 Å². The third-order valence-electron chi connectivity index (χ3n) is 12.2. The summed E-state index contributed by atoms with van der Waals surface area (Å²) in [5.74, 6) is -5.93. The average Bonchev–Trinajstić information content (AvgIpc) is 3.68. The van der Waals surface area contributed by atoms with Gasteiger partial charge in [-0.3, -0.25) is 14.4 Å². The molecular weight excluding hydrogens is 1090 g/mol. The van der Waals surface area contributed by atoms with E-state index in [1.807, 2.05) is 74.5 Å². The average molecular weight is 1140 g/mol. The largest absolute Gasteiger partial charge is 0.497 e. The molecule has 0 spiro atoms. The van der Waals surface area contributed by atoms with Crippen molar-refractivity contribution in [1.29, 1.82) is 0 Å². The number of thioether (sulfide) groups is 1. The van der Waals surface area contributed by atoms with Gasteiger partial charge in [0, 0.05) is 10.6 Å². The number of hydrogen-bond acceptors (Lipinski definition) is 9. The molecule has 0 aliphatic carbocycles. The molecule has 0 aromatic heterocycles. The van der Waals surface area contributed by atoms with E-state index >= 15 is 0 Å². The van der Waals surface area contributed by atoms with Crippen LogP contribution in [0.4, 0.5) is 30.2 Å². The number of methoxy groups -OCH3 is 1. The number of carbonyl (C=O) groups excluding carboxylic acids is 3. The van der Waals surface area contributed by atoms with E-state index in [2.05, 4.69) is 16.0 Å². The first-order chi connectivity index (χ1) is 40.0. The SMILES string of the molecule is CCOc1cccc(-c2ccc(NC(=O)c3ccccc3C(=O)O)cc2)c1.CCSc1cccc(-c2cc(F)c(NC(=O)c3ccccc3C(=O)O)c(F)c2)c1.COc1cccc(-c2ccc(NC(=O)c3ccccc3C(=O)O)c(F)c2)c1. The summed E-state index contributed by atoms with van der Waals surface area (Å²) < 4.78 is 54.4. The third kappa shape index (κ3) is 15.9. The van der Waals surface area contributed by atoms with E-state index in [4.69, 9.17) is 9.47 Å². The minimum absolute atomic E-state index is 0.0284. The van der Waals surface area contributed by atoms with Gasteiger partial charge in [0.15, 0.2) is 0 Å². The molecule has 83 heavy (non-hydrogen) atoms. The van der Waals surface area contributed by atoms with Crippen molar-refractivity contribution < 1.29 is 66.7 Å². The summed E-state index contributed by atoms with van der Waals surface area (Å²) >= 11 is 1.61. The Balaban J connectivity index is 0.000000179. The molecule has 0 radical (unpaired) electrons. The minimum atomic E-state index is -1.31. The van der Waals surface area contributed by atoms with E-state index in [0.717, 1.165) is 45.2 Å². The van der Waals surface area contributed by atoms with Crippen LogP contribution in [0, 0.1) is 17.5 Å². The molecular formula is C65H52F3N3O11S. The number of aromatic carboxylic acids is 3. The first-order valence-corrected chi connectivity index (χ1v) is 26.4. The van der Waals surface area contributed by atoms with Crippen molar-refractivity contribution >= 4 is 64.5 Å². The van der Waals surface area contributed by atoms with Crippen LogP contribution >= 0.6 is 11.8 Å². The van der Waals surface area contributed by atoms with Gasteiger partial charge in [0.1, 0.15) is 34.6 Å². The zero-order chi connectivity index (χ0) is 59.6. The van der Waals surface area contributed by atoms with Crippen LogP contribution in [0.1, 0.15) is 76.0 Å². The third-order valence-corrected chi connectivity index (χ3v) is 13.1. The van der Waals surface area contributed by atoms with Gasteiger partial charge >= 0.3 is 17.9 Å². The highest BCUT2D eigenvalue weighted by Crippen LogP contribution is 2.32. The van der Waals surface area contributed by atoms with Crippen LogP contribution in [-0.4, -0.2) is 70.4 Å². The summed E-state index contributed by atoms with van der Waals surface area (Å²) in [6.45, 7) is 4.55. The Morgan fingerprint density at radius 2 is 0.843 bits per heavy atom. The number of halogens is 3. The standard InChI is InChI=1S/C22H17F2NO3S.C22H19NO4.C21H16FNO4/c1-2-29-15-7-5-6-13(10-15)14-11-18(23)20(19(24)12-14)25-21(26)16-8-3-4-9-17(16)22(27)28;1-2-27-18-7-5-6-16(14-18)15-10-12-17(13-11-15)23-21(24)19-8-3-4-9-20(19)22(25)26;1-27-15-6-4-5-13(11-15)14-9-10-19(18(22)12-14)23-20(24)16-7-2-3-8-17(16)21(25)26/h3-12H,2H2,1H3,(H,25,26)(H,27,28);3-14H,2H2,1H3,(H,23,24)(H,25,26);2-12H,1H3,(H,23,24)(H,25,26). The number of anilines is 3. The summed E-state index contributed by atoms with van der Waals surface area (Å²) in [7, 11) is 1.55. The Hall–Kier alpha value is -10.5. The van der Waals surface area contributed by atoms with Crippen molar-refractivity contribution in [3.8, 4) is 44.9 Å². The monoisotopic (exact) mass is 1140 g/mol. The Morgan fingerprint density at radius 1 is 0.422 bits per heavy atom. The number of carboxylic acid groups (broad SMARTS) is 3. The Kier molecular flexibility index (Phi) is 20.7. The quantitative estimate of drug-likeness (QED) is 0.0469. The number of carboxylic acids is 3. The molecule has 18 heteroatoms. The molecule has 9 aromatic rings. The van der Waals surface area contributed by atoms with Gasteiger partial charge in [-0.1, -0.05) is 97.9 Å². The molecule has 14 nitrogen and oxygen atoms in total. The van der Waals surface area contributed by atoms with E-state index in [1.54, 1.807) is 79.5 Å². The smallest absolute Gasteiger partial charge is 0.336 e. The Bertz CT molecular complexity index is 3830. The summed E-state index contributed by atoms with van der Waals surface area (Å²) in [6.07, 6.45) is 0. The summed E-state index contributed by atoms with van der Waals surface area (Å²) in [5.41, 5.74) is 3.75. The highest BCUT2D eigenvalue weighted by molar-refractivity contribution is 7.99. The van der Waals surface area contributed by atoms with Gasteiger partial charge < -0.3 is 40.7 Å². The van der Waals surface area contributed by atoms with E-state index in [0.29, 0.717) is 34.7 Å². The van der Waals surface area contributed by atoms with Crippen LogP contribution in [-0.2, 0) is 0 Å². The number of hydrogen-bond donors (Lipinski definition) is 6. The molecule has 9 rings (SSSR count). The second-order valence-electron chi connectivity index (χ2n) is 17.7. The molecule has 0 heterocycles. The molecule has 9 aromatic carbocycles. The number of ether oxygens (including phenoxy) is 2. The molecule has 0 saturated carbocycles. The van der Waals surface area contributed by atoms with Crippen molar-refractivity contribution in [3.63, 3.8) is 0 Å². The van der Waals surface area contributed by atoms with Crippen LogP contribution < -0.4 is 25.4 Å². The molecule has 0 saturated heterocycles. The van der Waals surface area contributed by atoms with E-state index in [-0.39, 0.29) is 39.1 Å². The van der Waals surface area contributed by atoms with Gasteiger partial charge in [-0.05, 0) is 155 Å². The fourth-order valence-corrected chi connectivity index (χ4v) is 8.96. The lowest BCUT2D eigenvalue weighted by Gasteiger charge is -2.12. The maximum Gasteiger partial charge on any atom is 0.336 e. The Morgan fingerprint density at radius 3 is 1.34 bits per heavy atom. The lowest BCUT2D eigenvalue weighted by Crippen LogP contribution is -2.18. The van der Waals surface area contributed by atoms with Gasteiger partial charge in [0.2, 0.25) is 0 Å². The molecule has 0 bridgehead atoms. The maximum absolute atomic E-state index is 14.6. The van der Waals surface area contributed by atoms with Crippen LogP contribution in [0.15, 0.2) is 205 Å². The molecule has 0 aliphatic rings. The van der Waals surface area contributed by atoms with Gasteiger partial charge in [-0.15, -0.1) is 11.8 Å². The highest BCUT2D eigenvalue weighted by atomic mass is 32.2. The first kappa shape index (κ1) is 60.2. The van der Waals surface area contributed by atoms with Crippen LogP contribution in [0.25, 0.3) is 33.4 Å². The summed E-state index contributed by atoms with van der Waals surface area (Å²) in [4.78, 5) is 71.9. The molecule has 6 N–H and O–H groups in total. The van der Waals surface area contributed by atoms with Crippen molar-refractivity contribution in [2.75, 3.05) is 35.4 Å². The Labute approximate surface area is 479 Å². The first-order valence-electron chi connectivity index (χ1n) is 25.4. The molecule has 0 atom stereocenters. The summed E-state index contributed by atoms with van der Waals surface area (Å²) in [6, 6.07) is 53.6. The topological polar surface area (TPSA) is 218 Å². The number of amides is 3. The van der Waals surface area contributed by atoms with Crippen LogP contribution in [0.2, 0.25) is 0 Å². The zero-order valence-corrected chi connectivity index (χ0v) is 45.4. The van der Waals surface area contributed by atoms with E-state index in [1.165, 1.54) is 66.7 Å². The summed E-state index contributed by atoms with van der Waals surface area (Å²) in [5, 5.41) is 34.9. The normalized spacial score (nSPS) is 10.4. The predicted octanol–water partition coefficient (Wildman–Crippen LogP) is 14.8. The molecule has 3 amide bonds. The van der Waals surface area contributed by atoms with Crippen LogP contribution in [0.3, 0.4) is 0 Å². The van der Waals surface area contributed by atoms with Crippen LogP contribution in [0.5, 0.6) is 11.5 Å². The van der Waals surface area contributed by atoms with Gasteiger partial charge in [0.05, 0.1) is 52.8 Å². The van der Waals surface area contributed by atoms with E-state index in [9.17, 15) is 57.3 Å². The molecule has 0 unspecified atom stereocenters. The molecule has 0 fully saturated rings. The zero-order valence-electron chi connectivity index (χ0n) is 44.6. The second kappa shape index (κ2) is 28.6. The number of nitrogens with one attached hydrogen (secondary N) is 3.